The van der Waals surface area contributed by atoms with Gasteiger partial charge in [0, 0.05) is 41.6 Å². The number of carbonyl (C=O) groups excluding carboxylic acids is 1. The summed E-state index contributed by atoms with van der Waals surface area (Å²) in [5.41, 5.74) is 3.66. The molecule has 1 aromatic heterocycles. The molecule has 0 radical (unpaired) electrons. The monoisotopic (exact) mass is 428 g/mol. The van der Waals surface area contributed by atoms with E-state index < -0.39 is 0 Å². The number of aromatic nitrogens is 1. The molecule has 164 valence electrons. The highest BCUT2D eigenvalue weighted by molar-refractivity contribution is 6.01. The van der Waals surface area contributed by atoms with Gasteiger partial charge in [-0.25, -0.2) is 4.79 Å². The number of carbonyl (C=O) groups is 1. The maximum absolute atomic E-state index is 12.5. The van der Waals surface area contributed by atoms with Crippen LogP contribution in [0.25, 0.3) is 10.9 Å². The smallest absolute Gasteiger partial charge is 0.323 e. The summed E-state index contributed by atoms with van der Waals surface area (Å²) in [6.07, 6.45) is 2.08. The Hall–Kier alpha value is -3.77. The Kier molecular flexibility index (Phi) is 6.42. The minimum atomic E-state index is -0.288. The van der Waals surface area contributed by atoms with Gasteiger partial charge in [-0.3, -0.25) is 0 Å². The molecular weight excluding hydrogens is 400 g/mol. The number of hydrogen-bond donors (Lipinski definition) is 2. The molecule has 0 spiro atoms. The van der Waals surface area contributed by atoms with Gasteiger partial charge in [0.15, 0.2) is 0 Å². The fourth-order valence-electron chi connectivity index (χ4n) is 3.48. The van der Waals surface area contributed by atoms with Crippen molar-refractivity contribution < 1.29 is 9.53 Å². The fraction of sp³-hybridized carbons (Fsp3) is 0.192. The lowest BCUT2D eigenvalue weighted by Gasteiger charge is -2.12. The molecule has 0 aliphatic carbocycles. The van der Waals surface area contributed by atoms with Crippen LogP contribution in [0.2, 0.25) is 0 Å². The van der Waals surface area contributed by atoms with Gasteiger partial charge in [-0.05, 0) is 81.2 Å². The molecule has 6 nitrogen and oxygen atoms in total. The number of nitrogens with zero attached hydrogens (tertiary/aromatic N) is 2. The number of anilines is 2. The fourth-order valence-corrected chi connectivity index (χ4v) is 3.48. The molecule has 1 heterocycles. The number of fused-ring (bicyclic) bond motifs is 1. The molecule has 4 rings (SSSR count). The average molecular weight is 429 g/mol. The highest BCUT2D eigenvalue weighted by atomic mass is 16.5. The lowest BCUT2D eigenvalue weighted by Crippen LogP contribution is -2.19. The zero-order chi connectivity index (χ0) is 22.5. The van der Waals surface area contributed by atoms with Gasteiger partial charge in [-0.15, -0.1) is 0 Å². The lowest BCUT2D eigenvalue weighted by atomic mass is 10.2. The van der Waals surface area contributed by atoms with Crippen LogP contribution < -0.4 is 15.4 Å². The molecule has 0 aliphatic rings. The van der Waals surface area contributed by atoms with Crippen LogP contribution in [0.1, 0.15) is 5.56 Å². The van der Waals surface area contributed by atoms with E-state index >= 15 is 0 Å². The van der Waals surface area contributed by atoms with Crippen LogP contribution in [0.3, 0.4) is 0 Å². The van der Waals surface area contributed by atoms with Crippen LogP contribution in [-0.4, -0.2) is 36.1 Å². The number of amides is 2. The first-order chi connectivity index (χ1) is 15.5. The number of hydrogen-bond acceptors (Lipinski definition) is 3. The van der Waals surface area contributed by atoms with Crippen LogP contribution in [-0.2, 0) is 6.54 Å². The topological polar surface area (TPSA) is 58.5 Å². The third-order valence-corrected chi connectivity index (χ3v) is 5.25. The third-order valence-electron chi connectivity index (χ3n) is 5.25. The second kappa shape index (κ2) is 9.58. The maximum Gasteiger partial charge on any atom is 0.323 e. The standard InChI is InChI=1S/C26H28N4O2/c1-19-6-4-5-7-25(19)32-23-11-8-21(9-12-23)27-26(31)28-22-10-13-24-20(18-22)14-15-30(24)17-16-29(2)3/h4-15,18H,16-17H2,1-3H3,(H2,27,28,31). The Morgan fingerprint density at radius 1 is 0.938 bits per heavy atom. The van der Waals surface area contributed by atoms with E-state index in [0.717, 1.165) is 46.7 Å². The third kappa shape index (κ3) is 5.28. The summed E-state index contributed by atoms with van der Waals surface area (Å²) < 4.78 is 8.13. The first-order valence-electron chi connectivity index (χ1n) is 10.6. The zero-order valence-corrected chi connectivity index (χ0v) is 18.6. The van der Waals surface area contributed by atoms with Crippen LogP contribution in [0.15, 0.2) is 79.0 Å². The number of rotatable bonds is 7. The van der Waals surface area contributed by atoms with E-state index in [0.29, 0.717) is 5.69 Å². The van der Waals surface area contributed by atoms with Crippen LogP contribution in [0, 0.1) is 6.92 Å². The van der Waals surface area contributed by atoms with E-state index in [1.165, 1.54) is 0 Å². The van der Waals surface area contributed by atoms with E-state index in [1.807, 2.05) is 73.7 Å². The second-order valence-corrected chi connectivity index (χ2v) is 8.06. The van der Waals surface area contributed by atoms with Crippen molar-refractivity contribution in [2.45, 2.75) is 13.5 Å². The van der Waals surface area contributed by atoms with Gasteiger partial charge < -0.3 is 24.8 Å². The Labute approximate surface area is 188 Å². The highest BCUT2D eigenvalue weighted by Gasteiger charge is 2.07. The molecule has 0 aliphatic heterocycles. The molecule has 0 unspecified atom stereocenters. The van der Waals surface area contributed by atoms with Gasteiger partial charge >= 0.3 is 6.03 Å². The molecule has 2 amide bonds. The van der Waals surface area contributed by atoms with Gasteiger partial charge in [0.05, 0.1) is 0 Å². The Morgan fingerprint density at radius 2 is 1.66 bits per heavy atom. The Morgan fingerprint density at radius 3 is 2.41 bits per heavy atom. The van der Waals surface area contributed by atoms with Crippen LogP contribution in [0.4, 0.5) is 16.2 Å². The van der Waals surface area contributed by atoms with Crippen molar-refractivity contribution in [1.82, 2.24) is 9.47 Å². The Balaban J connectivity index is 1.36. The number of para-hydroxylation sites is 1. The van der Waals surface area contributed by atoms with Gasteiger partial charge in [-0.2, -0.15) is 0 Å². The molecule has 6 heteroatoms. The molecular formula is C26H28N4O2. The number of aryl methyl sites for hydroxylation is 1. The molecule has 2 N–H and O–H groups in total. The van der Waals surface area contributed by atoms with Crippen LogP contribution in [0.5, 0.6) is 11.5 Å². The molecule has 0 saturated heterocycles. The molecule has 0 saturated carbocycles. The van der Waals surface area contributed by atoms with E-state index in [9.17, 15) is 4.79 Å². The Bertz CT molecular complexity index is 1210. The number of ether oxygens (including phenoxy) is 1. The minimum absolute atomic E-state index is 0.288. The molecule has 3 aromatic carbocycles. The van der Waals surface area contributed by atoms with E-state index in [-0.39, 0.29) is 6.03 Å². The lowest BCUT2D eigenvalue weighted by molar-refractivity contribution is 0.262. The van der Waals surface area contributed by atoms with Gasteiger partial charge in [0.25, 0.3) is 0 Å². The summed E-state index contributed by atoms with van der Waals surface area (Å²) in [6.45, 7) is 3.90. The largest absolute Gasteiger partial charge is 0.457 e. The number of nitrogens with one attached hydrogen (secondary N) is 2. The van der Waals surface area contributed by atoms with E-state index in [4.69, 9.17) is 4.74 Å². The van der Waals surface area contributed by atoms with Gasteiger partial charge in [0.2, 0.25) is 0 Å². The van der Waals surface area contributed by atoms with Gasteiger partial charge in [0.1, 0.15) is 11.5 Å². The second-order valence-electron chi connectivity index (χ2n) is 8.06. The minimum Gasteiger partial charge on any atom is -0.457 e. The number of urea groups is 1. The normalized spacial score (nSPS) is 11.0. The molecule has 0 bridgehead atoms. The van der Waals surface area contributed by atoms with Crippen molar-refractivity contribution in [1.29, 1.82) is 0 Å². The first-order valence-corrected chi connectivity index (χ1v) is 10.6. The number of likely N-dealkylation sites (N-methyl/N-ethyl adjacent to an activating group) is 1. The quantitative estimate of drug-likeness (QED) is 0.383. The molecule has 0 atom stereocenters. The predicted molar refractivity (Wildman–Crippen MR) is 131 cm³/mol. The molecule has 0 fully saturated rings. The van der Waals surface area contributed by atoms with Gasteiger partial charge in [-0.1, -0.05) is 18.2 Å². The predicted octanol–water partition coefficient (Wildman–Crippen LogP) is 5.95. The highest BCUT2D eigenvalue weighted by Crippen LogP contribution is 2.26. The summed E-state index contributed by atoms with van der Waals surface area (Å²) in [7, 11) is 4.13. The molecule has 32 heavy (non-hydrogen) atoms. The van der Waals surface area contributed by atoms with Crippen molar-refractivity contribution in [3.05, 3.63) is 84.6 Å². The van der Waals surface area contributed by atoms with Crippen molar-refractivity contribution in [3.8, 4) is 11.5 Å². The summed E-state index contributed by atoms with van der Waals surface area (Å²) >= 11 is 0. The maximum atomic E-state index is 12.5. The van der Waals surface area contributed by atoms with E-state index in [1.54, 1.807) is 0 Å². The van der Waals surface area contributed by atoms with Crippen molar-refractivity contribution in [3.63, 3.8) is 0 Å². The van der Waals surface area contributed by atoms with E-state index in [2.05, 4.69) is 46.5 Å². The average Bonchev–Trinajstić information content (AvgIpc) is 3.17. The van der Waals surface area contributed by atoms with Crippen LogP contribution >= 0.6 is 0 Å². The van der Waals surface area contributed by atoms with Crippen molar-refractivity contribution in [2.75, 3.05) is 31.3 Å². The zero-order valence-electron chi connectivity index (χ0n) is 18.6. The van der Waals surface area contributed by atoms with Crippen molar-refractivity contribution >= 4 is 28.3 Å². The summed E-state index contributed by atoms with van der Waals surface area (Å²) in [5.74, 6) is 1.53. The SMILES string of the molecule is Cc1ccccc1Oc1ccc(NC(=O)Nc2ccc3c(ccn3CCN(C)C)c2)cc1. The number of benzene rings is 3. The summed E-state index contributed by atoms with van der Waals surface area (Å²) in [6, 6.07) is 22.9. The molecule has 4 aromatic rings. The van der Waals surface area contributed by atoms with Crippen molar-refractivity contribution in [2.24, 2.45) is 0 Å². The first kappa shape index (κ1) is 21.5. The summed E-state index contributed by atoms with van der Waals surface area (Å²) in [5, 5.41) is 6.86. The summed E-state index contributed by atoms with van der Waals surface area (Å²) in [4.78, 5) is 14.6.